The van der Waals surface area contributed by atoms with Crippen LogP contribution in [0.15, 0.2) is 12.2 Å². The number of carbonyl (C=O) groups excluding carboxylic acids is 1. The third kappa shape index (κ3) is 3.37. The summed E-state index contributed by atoms with van der Waals surface area (Å²) in [6, 6.07) is 0. The number of quaternary nitrogens is 1. The summed E-state index contributed by atoms with van der Waals surface area (Å²) in [5, 5.41) is 1.28. The van der Waals surface area contributed by atoms with Crippen molar-refractivity contribution >= 4 is 5.91 Å². The SMILES string of the molecule is C=C(CCCN)C(=O)[NH2+][CH2-]. The van der Waals surface area contributed by atoms with Gasteiger partial charge in [-0.1, -0.05) is 6.58 Å². The first kappa shape index (κ1) is 9.33. The largest absolute Gasteiger partial charge is 0.411 e. The van der Waals surface area contributed by atoms with Gasteiger partial charge in [0.2, 0.25) is 0 Å². The Kier molecular flexibility index (Phi) is 4.80. The van der Waals surface area contributed by atoms with Crippen molar-refractivity contribution in [2.45, 2.75) is 12.8 Å². The van der Waals surface area contributed by atoms with Crippen LogP contribution < -0.4 is 11.1 Å². The van der Waals surface area contributed by atoms with Crippen LogP contribution in [0.5, 0.6) is 0 Å². The number of hydrogen-bond donors (Lipinski definition) is 2. The molecule has 4 N–H and O–H groups in total. The van der Waals surface area contributed by atoms with E-state index in [0.29, 0.717) is 18.5 Å². The van der Waals surface area contributed by atoms with Crippen LogP contribution in [0.3, 0.4) is 0 Å². The predicted molar refractivity (Wildman–Crippen MR) is 39.7 cm³/mol. The minimum atomic E-state index is -0.0755. The molecule has 0 bridgehead atoms. The van der Waals surface area contributed by atoms with E-state index >= 15 is 0 Å². The number of carbonyl (C=O) groups is 1. The van der Waals surface area contributed by atoms with Crippen molar-refractivity contribution in [3.8, 4) is 0 Å². The van der Waals surface area contributed by atoms with Gasteiger partial charge in [0.1, 0.15) is 0 Å². The Morgan fingerprint density at radius 3 is 2.70 bits per heavy atom. The molecule has 3 heteroatoms. The lowest BCUT2D eigenvalue weighted by atomic mass is 10.1. The highest BCUT2D eigenvalue weighted by molar-refractivity contribution is 5.84. The molecule has 0 aliphatic heterocycles. The molecule has 0 saturated heterocycles. The molecule has 0 unspecified atom stereocenters. The molecule has 0 aromatic carbocycles. The minimum absolute atomic E-state index is 0.0755. The van der Waals surface area contributed by atoms with Gasteiger partial charge in [-0.25, -0.2) is 4.79 Å². The molecule has 1 amide bonds. The zero-order chi connectivity index (χ0) is 7.98. The van der Waals surface area contributed by atoms with Gasteiger partial charge in [0.05, 0.1) is 0 Å². The number of primary amides is 1. The van der Waals surface area contributed by atoms with Crippen LogP contribution in [0.1, 0.15) is 12.8 Å². The monoisotopic (exact) mass is 142 g/mol. The summed E-state index contributed by atoms with van der Waals surface area (Å²) in [7, 11) is 3.35. The molecule has 0 spiro atoms. The summed E-state index contributed by atoms with van der Waals surface area (Å²) in [6.45, 7) is 4.19. The van der Waals surface area contributed by atoms with Gasteiger partial charge in [0, 0.05) is 5.57 Å². The lowest BCUT2D eigenvalue weighted by Gasteiger charge is -2.00. The zero-order valence-corrected chi connectivity index (χ0v) is 6.10. The van der Waals surface area contributed by atoms with Crippen LogP contribution >= 0.6 is 0 Å². The van der Waals surface area contributed by atoms with E-state index in [4.69, 9.17) is 5.73 Å². The lowest BCUT2D eigenvalue weighted by Crippen LogP contribution is -2.81. The van der Waals surface area contributed by atoms with Crippen molar-refractivity contribution in [2.75, 3.05) is 6.54 Å². The molecule has 0 saturated carbocycles. The maximum absolute atomic E-state index is 10.8. The van der Waals surface area contributed by atoms with E-state index in [1.165, 1.54) is 5.32 Å². The fourth-order valence-corrected chi connectivity index (χ4v) is 0.583. The summed E-state index contributed by atoms with van der Waals surface area (Å²) in [5.41, 5.74) is 5.84. The molecule has 0 heterocycles. The van der Waals surface area contributed by atoms with Crippen LogP contribution in [0.2, 0.25) is 0 Å². The van der Waals surface area contributed by atoms with E-state index in [2.05, 4.69) is 13.6 Å². The molecule has 0 aromatic heterocycles. The Morgan fingerprint density at radius 2 is 2.30 bits per heavy atom. The van der Waals surface area contributed by atoms with Crippen LogP contribution in [0.4, 0.5) is 0 Å². The van der Waals surface area contributed by atoms with E-state index in [9.17, 15) is 4.79 Å². The second-order valence-electron chi connectivity index (χ2n) is 2.06. The fourth-order valence-electron chi connectivity index (χ4n) is 0.583. The van der Waals surface area contributed by atoms with Gasteiger partial charge < -0.3 is 11.1 Å². The zero-order valence-electron chi connectivity index (χ0n) is 6.10. The van der Waals surface area contributed by atoms with Gasteiger partial charge in [0.25, 0.3) is 0 Å². The van der Waals surface area contributed by atoms with Gasteiger partial charge in [-0.05, 0) is 19.4 Å². The topological polar surface area (TPSA) is 59.7 Å². The van der Waals surface area contributed by atoms with Gasteiger partial charge >= 0.3 is 5.91 Å². The van der Waals surface area contributed by atoms with Crippen molar-refractivity contribution in [3.63, 3.8) is 0 Å². The number of hydrogen-bond acceptors (Lipinski definition) is 2. The fraction of sp³-hybridized carbons (Fsp3) is 0.429. The highest BCUT2D eigenvalue weighted by Crippen LogP contribution is 1.97. The van der Waals surface area contributed by atoms with Gasteiger partial charge in [-0.2, -0.15) is 0 Å². The minimum Gasteiger partial charge on any atom is -0.411 e. The van der Waals surface area contributed by atoms with Gasteiger partial charge in [-0.3, -0.25) is 0 Å². The van der Waals surface area contributed by atoms with Crippen molar-refractivity contribution in [2.24, 2.45) is 5.73 Å². The molecule has 0 fully saturated rings. The first-order chi connectivity index (χ1) is 4.72. The maximum Gasteiger partial charge on any atom is 0.312 e. The molecule has 0 aliphatic carbocycles. The lowest BCUT2D eigenvalue weighted by molar-refractivity contribution is -0.503. The summed E-state index contributed by atoms with van der Waals surface area (Å²) in [4.78, 5) is 10.8. The summed E-state index contributed by atoms with van der Waals surface area (Å²) in [5.74, 6) is -0.0755. The smallest absolute Gasteiger partial charge is 0.312 e. The molecule has 0 aromatic rings. The molecular formula is C7H14N2O. The highest BCUT2D eigenvalue weighted by atomic mass is 16.1. The van der Waals surface area contributed by atoms with Crippen molar-refractivity contribution in [1.29, 1.82) is 0 Å². The summed E-state index contributed by atoms with van der Waals surface area (Å²) in [6.07, 6.45) is 1.50. The molecule has 58 valence electrons. The van der Waals surface area contributed by atoms with E-state index in [1.54, 1.807) is 0 Å². The third-order valence-corrected chi connectivity index (χ3v) is 1.22. The number of rotatable bonds is 4. The molecular weight excluding hydrogens is 128 g/mol. The van der Waals surface area contributed by atoms with Crippen LogP contribution in [0.25, 0.3) is 0 Å². The van der Waals surface area contributed by atoms with Gasteiger partial charge in [-0.15, -0.1) is 7.05 Å². The van der Waals surface area contributed by atoms with Crippen LogP contribution in [-0.4, -0.2) is 12.5 Å². The van der Waals surface area contributed by atoms with Crippen molar-refractivity contribution < 1.29 is 10.1 Å². The molecule has 10 heavy (non-hydrogen) atoms. The summed E-state index contributed by atoms with van der Waals surface area (Å²) >= 11 is 0. The Hall–Kier alpha value is -0.670. The van der Waals surface area contributed by atoms with E-state index in [1.807, 2.05) is 0 Å². The molecule has 0 atom stereocenters. The summed E-state index contributed by atoms with van der Waals surface area (Å²) < 4.78 is 0. The Morgan fingerprint density at radius 1 is 1.70 bits per heavy atom. The second kappa shape index (κ2) is 5.14. The van der Waals surface area contributed by atoms with E-state index in [0.717, 1.165) is 6.42 Å². The molecule has 0 aliphatic rings. The van der Waals surface area contributed by atoms with E-state index < -0.39 is 0 Å². The average molecular weight is 142 g/mol. The third-order valence-electron chi connectivity index (χ3n) is 1.22. The average Bonchev–Trinajstić information content (AvgIpc) is 1.98. The Labute approximate surface area is 61.3 Å². The normalized spacial score (nSPS) is 9.40. The first-order valence-corrected chi connectivity index (χ1v) is 3.27. The van der Waals surface area contributed by atoms with Crippen LogP contribution in [-0.2, 0) is 4.79 Å². The Bertz CT molecular complexity index is 132. The standard InChI is InChI=1S/C7H14N2O/c1-6(4-3-5-8)7(10)9-2/h1-5,8-9H2. The molecule has 3 nitrogen and oxygen atoms in total. The van der Waals surface area contributed by atoms with Crippen molar-refractivity contribution in [1.82, 2.24) is 0 Å². The molecule has 0 radical (unpaired) electrons. The van der Waals surface area contributed by atoms with Crippen LogP contribution in [0, 0.1) is 7.05 Å². The number of amides is 1. The van der Waals surface area contributed by atoms with Gasteiger partial charge in [0.15, 0.2) is 0 Å². The molecule has 0 rings (SSSR count). The second-order valence-corrected chi connectivity index (χ2v) is 2.06. The quantitative estimate of drug-likeness (QED) is 0.397. The Balaban J connectivity index is 3.52. The number of nitrogens with two attached hydrogens (primary N) is 2. The predicted octanol–water partition coefficient (Wildman–Crippen LogP) is -0.837. The maximum atomic E-state index is 10.8. The first-order valence-electron chi connectivity index (χ1n) is 3.27. The van der Waals surface area contributed by atoms with E-state index in [-0.39, 0.29) is 5.91 Å². The highest BCUT2D eigenvalue weighted by Gasteiger charge is 2.03. The van der Waals surface area contributed by atoms with Crippen molar-refractivity contribution in [3.05, 3.63) is 19.2 Å².